The molecule has 2 aliphatic heterocycles. The fraction of sp³-hybridized carbons (Fsp3) is 0.867. The average Bonchev–Trinajstić information content (AvgIpc) is 3.19. The Morgan fingerprint density at radius 1 is 1.05 bits per heavy atom. The van der Waals surface area contributed by atoms with E-state index in [4.69, 9.17) is 5.11 Å². The van der Waals surface area contributed by atoms with Crippen LogP contribution < -0.4 is 5.32 Å². The van der Waals surface area contributed by atoms with Crippen molar-refractivity contribution in [2.45, 2.75) is 50.6 Å². The van der Waals surface area contributed by atoms with Crippen LogP contribution in [0, 0.1) is 5.92 Å². The number of nitrogens with zero attached hydrogens (tertiary/aromatic N) is 2. The van der Waals surface area contributed by atoms with Crippen LogP contribution in [0.25, 0.3) is 0 Å². The predicted octanol–water partition coefficient (Wildman–Crippen LogP) is 1.12. The van der Waals surface area contributed by atoms with Gasteiger partial charge in [-0.2, -0.15) is 0 Å². The maximum absolute atomic E-state index is 12.3. The number of hydrogen-bond acceptors (Lipinski definition) is 3. The number of hydrogen-bond donors (Lipinski definition) is 2. The predicted molar refractivity (Wildman–Crippen MR) is 78.1 cm³/mol. The lowest BCUT2D eigenvalue weighted by Gasteiger charge is -2.24. The van der Waals surface area contributed by atoms with Gasteiger partial charge in [0.25, 0.3) is 0 Å². The first-order valence-electron chi connectivity index (χ1n) is 8.16. The molecule has 2 N–H and O–H groups in total. The second-order valence-electron chi connectivity index (χ2n) is 6.63. The van der Waals surface area contributed by atoms with Gasteiger partial charge >= 0.3 is 12.0 Å². The van der Waals surface area contributed by atoms with Crippen molar-refractivity contribution in [2.75, 3.05) is 26.2 Å². The molecule has 3 atom stereocenters. The molecule has 0 radical (unpaired) electrons. The summed E-state index contributed by atoms with van der Waals surface area (Å²) in [5, 5.41) is 12.0. The van der Waals surface area contributed by atoms with E-state index in [1.165, 1.54) is 25.9 Å². The minimum Gasteiger partial charge on any atom is -0.481 e. The van der Waals surface area contributed by atoms with Crippen LogP contribution in [0.2, 0.25) is 0 Å². The third-order valence-corrected chi connectivity index (χ3v) is 5.22. The van der Waals surface area contributed by atoms with Gasteiger partial charge in [0.2, 0.25) is 0 Å². The normalized spacial score (nSPS) is 33.5. The molecule has 0 spiro atoms. The molecule has 1 aliphatic carbocycles. The largest absolute Gasteiger partial charge is 0.481 e. The lowest BCUT2D eigenvalue weighted by molar-refractivity contribution is -0.141. The highest BCUT2D eigenvalue weighted by molar-refractivity contribution is 5.75. The summed E-state index contributed by atoms with van der Waals surface area (Å²) in [5.74, 6) is -1.02. The number of carbonyl (C=O) groups excluding carboxylic acids is 1. The quantitative estimate of drug-likeness (QED) is 0.818. The standard InChI is InChI=1S/C15H25N3O3/c19-14(20)11-3-4-12(9-11)16-15(21)18-8-5-13(10-18)17-6-1-2-7-17/h11-13H,1-10H2,(H,16,21)(H,19,20)/t11-,12+,13?/m1/s1. The molecule has 21 heavy (non-hydrogen) atoms. The van der Waals surface area contributed by atoms with Crippen molar-refractivity contribution in [3.8, 4) is 0 Å². The maximum Gasteiger partial charge on any atom is 0.317 e. The topological polar surface area (TPSA) is 72.9 Å². The van der Waals surface area contributed by atoms with Crippen LogP contribution in [-0.4, -0.2) is 65.2 Å². The molecule has 3 rings (SSSR count). The Kier molecular flexibility index (Phi) is 4.33. The van der Waals surface area contributed by atoms with E-state index in [-0.39, 0.29) is 18.0 Å². The molecule has 0 aromatic heterocycles. The second-order valence-corrected chi connectivity index (χ2v) is 6.63. The lowest BCUT2D eigenvalue weighted by Crippen LogP contribution is -2.44. The summed E-state index contributed by atoms with van der Waals surface area (Å²) in [6.45, 7) is 3.98. The van der Waals surface area contributed by atoms with E-state index in [1.54, 1.807) is 0 Å². The Morgan fingerprint density at radius 2 is 1.81 bits per heavy atom. The van der Waals surface area contributed by atoms with Crippen molar-refractivity contribution in [1.82, 2.24) is 15.1 Å². The van der Waals surface area contributed by atoms with Crippen LogP contribution in [-0.2, 0) is 4.79 Å². The van der Waals surface area contributed by atoms with Gasteiger partial charge < -0.3 is 15.3 Å². The molecule has 118 valence electrons. The smallest absolute Gasteiger partial charge is 0.317 e. The second kappa shape index (κ2) is 6.22. The summed E-state index contributed by atoms with van der Waals surface area (Å²) >= 11 is 0. The van der Waals surface area contributed by atoms with E-state index >= 15 is 0 Å². The molecule has 0 aromatic rings. The number of urea groups is 1. The van der Waals surface area contributed by atoms with Crippen molar-refractivity contribution in [3.63, 3.8) is 0 Å². The van der Waals surface area contributed by atoms with Gasteiger partial charge in [-0.3, -0.25) is 9.69 Å². The van der Waals surface area contributed by atoms with Gasteiger partial charge in [-0.25, -0.2) is 4.79 Å². The lowest BCUT2D eigenvalue weighted by atomic mass is 10.1. The zero-order valence-electron chi connectivity index (χ0n) is 12.5. The average molecular weight is 295 g/mol. The number of carboxylic acids is 1. The Balaban J connectivity index is 1.45. The molecular formula is C15H25N3O3. The van der Waals surface area contributed by atoms with Crippen LogP contribution in [0.3, 0.4) is 0 Å². The first-order valence-corrected chi connectivity index (χ1v) is 8.16. The first-order chi connectivity index (χ1) is 10.1. The highest BCUT2D eigenvalue weighted by atomic mass is 16.4. The molecule has 6 heteroatoms. The van der Waals surface area contributed by atoms with Crippen molar-refractivity contribution >= 4 is 12.0 Å². The summed E-state index contributed by atoms with van der Waals surface area (Å²) < 4.78 is 0. The number of carboxylic acid groups (broad SMARTS) is 1. The van der Waals surface area contributed by atoms with E-state index in [0.29, 0.717) is 18.9 Å². The van der Waals surface area contributed by atoms with Crippen LogP contribution in [0.1, 0.15) is 38.5 Å². The Labute approximate surface area is 125 Å². The monoisotopic (exact) mass is 295 g/mol. The number of carbonyl (C=O) groups is 2. The molecule has 6 nitrogen and oxygen atoms in total. The molecule has 0 aromatic carbocycles. The highest BCUT2D eigenvalue weighted by Gasteiger charge is 2.34. The highest BCUT2D eigenvalue weighted by Crippen LogP contribution is 2.26. The van der Waals surface area contributed by atoms with Gasteiger partial charge in [0.15, 0.2) is 0 Å². The van der Waals surface area contributed by atoms with Crippen LogP contribution in [0.4, 0.5) is 4.79 Å². The molecule has 3 fully saturated rings. The van der Waals surface area contributed by atoms with Crippen LogP contribution in [0.15, 0.2) is 0 Å². The van der Waals surface area contributed by atoms with Crippen LogP contribution >= 0.6 is 0 Å². The van der Waals surface area contributed by atoms with E-state index in [9.17, 15) is 9.59 Å². The number of likely N-dealkylation sites (tertiary alicyclic amines) is 2. The summed E-state index contributed by atoms with van der Waals surface area (Å²) in [4.78, 5) is 27.6. The summed E-state index contributed by atoms with van der Waals surface area (Å²) in [5.41, 5.74) is 0. The van der Waals surface area contributed by atoms with Crippen LogP contribution in [0.5, 0.6) is 0 Å². The molecular weight excluding hydrogens is 270 g/mol. The minimum absolute atomic E-state index is 0.00673. The van der Waals surface area contributed by atoms with Gasteiger partial charge in [0.1, 0.15) is 0 Å². The van der Waals surface area contributed by atoms with Crippen molar-refractivity contribution in [1.29, 1.82) is 0 Å². The maximum atomic E-state index is 12.3. The van der Waals surface area contributed by atoms with E-state index in [1.807, 2.05) is 4.90 Å². The SMILES string of the molecule is O=C(O)[C@@H]1CC[C@H](NC(=O)N2CCC(N3CCCC3)C2)C1. The Bertz CT molecular complexity index is 409. The van der Waals surface area contributed by atoms with Crippen molar-refractivity contribution < 1.29 is 14.7 Å². The van der Waals surface area contributed by atoms with Gasteiger partial charge in [0.05, 0.1) is 5.92 Å². The summed E-state index contributed by atoms with van der Waals surface area (Å²) in [6.07, 6.45) is 5.66. The summed E-state index contributed by atoms with van der Waals surface area (Å²) in [7, 11) is 0. The first kappa shape index (κ1) is 14.6. The minimum atomic E-state index is -0.734. The number of aliphatic carboxylic acids is 1. The molecule has 2 heterocycles. The zero-order valence-corrected chi connectivity index (χ0v) is 12.5. The molecule has 1 saturated carbocycles. The zero-order chi connectivity index (χ0) is 14.8. The molecule has 1 unspecified atom stereocenters. The number of nitrogens with one attached hydrogen (secondary N) is 1. The van der Waals surface area contributed by atoms with E-state index in [0.717, 1.165) is 25.9 Å². The summed E-state index contributed by atoms with van der Waals surface area (Å²) in [6, 6.07) is 0.547. The molecule has 2 amide bonds. The van der Waals surface area contributed by atoms with Gasteiger partial charge in [0, 0.05) is 25.2 Å². The van der Waals surface area contributed by atoms with Crippen molar-refractivity contribution in [2.24, 2.45) is 5.92 Å². The van der Waals surface area contributed by atoms with Gasteiger partial charge in [-0.05, 0) is 51.6 Å². The number of amides is 2. The molecule has 3 aliphatic rings. The fourth-order valence-electron chi connectivity index (χ4n) is 3.93. The Morgan fingerprint density at radius 3 is 2.48 bits per heavy atom. The fourth-order valence-corrected chi connectivity index (χ4v) is 3.93. The third kappa shape index (κ3) is 3.31. The van der Waals surface area contributed by atoms with Gasteiger partial charge in [-0.1, -0.05) is 0 Å². The van der Waals surface area contributed by atoms with Gasteiger partial charge in [-0.15, -0.1) is 0 Å². The number of rotatable bonds is 3. The Hall–Kier alpha value is -1.30. The third-order valence-electron chi connectivity index (χ3n) is 5.22. The van der Waals surface area contributed by atoms with E-state index < -0.39 is 5.97 Å². The molecule has 0 bridgehead atoms. The van der Waals surface area contributed by atoms with Crippen molar-refractivity contribution in [3.05, 3.63) is 0 Å². The van der Waals surface area contributed by atoms with E-state index in [2.05, 4.69) is 10.2 Å². The molecule has 2 saturated heterocycles.